The van der Waals surface area contributed by atoms with E-state index in [9.17, 15) is 36.6 Å². The molecular weight excluding hydrogens is 677 g/mol. The first-order chi connectivity index (χ1) is 24.1. The number of rotatable bonds is 10. The molecule has 5 saturated carbocycles. The zero-order chi connectivity index (χ0) is 36.0. The molecule has 1 aromatic carbocycles. The van der Waals surface area contributed by atoms with Crippen LogP contribution in [0.25, 0.3) is 22.3 Å². The summed E-state index contributed by atoms with van der Waals surface area (Å²) in [4.78, 5) is 36.4. The zero-order valence-electron chi connectivity index (χ0n) is 28.3. The van der Waals surface area contributed by atoms with E-state index in [0.717, 1.165) is 12.6 Å². The highest BCUT2D eigenvalue weighted by molar-refractivity contribution is 6.00. The molecule has 51 heavy (non-hydrogen) atoms. The fraction of sp³-hybridized carbons (Fsp3) is 0.611. The van der Waals surface area contributed by atoms with Crippen LogP contribution in [0.3, 0.4) is 0 Å². The molecule has 2 N–H and O–H groups in total. The van der Waals surface area contributed by atoms with E-state index in [1.807, 2.05) is 11.5 Å². The molecule has 1 aliphatic heterocycles. The first-order valence-electron chi connectivity index (χ1n) is 17.6. The largest absolute Gasteiger partial charge is 0.490 e. The van der Waals surface area contributed by atoms with Crippen molar-refractivity contribution in [1.82, 2.24) is 24.8 Å². The van der Waals surface area contributed by atoms with Gasteiger partial charge in [0.1, 0.15) is 17.4 Å². The monoisotopic (exact) mass is 717 g/mol. The van der Waals surface area contributed by atoms with Crippen molar-refractivity contribution in [2.75, 3.05) is 26.8 Å². The summed E-state index contributed by atoms with van der Waals surface area (Å²) in [5.41, 5.74) is -2.98. The summed E-state index contributed by atoms with van der Waals surface area (Å²) in [6.07, 6.45) is 2.05. The molecule has 274 valence electrons. The molecule has 1 saturated heterocycles. The third kappa shape index (κ3) is 5.84. The number of nitrogens with one attached hydrogen (secondary N) is 1. The van der Waals surface area contributed by atoms with Crippen molar-refractivity contribution in [3.8, 4) is 17.1 Å². The van der Waals surface area contributed by atoms with E-state index in [4.69, 9.17) is 9.47 Å². The van der Waals surface area contributed by atoms with E-state index in [0.29, 0.717) is 79.2 Å². The van der Waals surface area contributed by atoms with Gasteiger partial charge in [-0.3, -0.25) is 9.69 Å². The summed E-state index contributed by atoms with van der Waals surface area (Å²) in [5.74, 6) is -4.67. The number of aliphatic carboxylic acids is 1. The van der Waals surface area contributed by atoms with Crippen molar-refractivity contribution in [2.24, 2.45) is 23.7 Å². The van der Waals surface area contributed by atoms with Crippen LogP contribution < -0.4 is 10.1 Å². The Kier molecular flexibility index (Phi) is 8.13. The minimum atomic E-state index is -5.04. The van der Waals surface area contributed by atoms with Gasteiger partial charge in [0.15, 0.2) is 11.5 Å². The fourth-order valence-electron chi connectivity index (χ4n) is 9.78. The third-order valence-corrected chi connectivity index (χ3v) is 12.1. The molecule has 6 aliphatic rings. The van der Waals surface area contributed by atoms with Crippen LogP contribution in [0, 0.1) is 23.7 Å². The minimum Gasteiger partial charge on any atom is -0.490 e. The second-order valence-corrected chi connectivity index (χ2v) is 15.4. The van der Waals surface area contributed by atoms with Gasteiger partial charge in [-0.15, -0.1) is 0 Å². The van der Waals surface area contributed by atoms with Crippen LogP contribution in [0.15, 0.2) is 30.6 Å². The molecule has 0 spiro atoms. The fourth-order valence-corrected chi connectivity index (χ4v) is 9.78. The molecule has 1 amide bonds. The number of hydrogen-bond donors (Lipinski definition) is 2. The molecule has 6 fully saturated rings. The summed E-state index contributed by atoms with van der Waals surface area (Å²) < 4.78 is 84.0. The number of carboxylic acids is 1. The highest BCUT2D eigenvalue weighted by Crippen LogP contribution is 2.58. The lowest BCUT2D eigenvalue weighted by molar-refractivity contribution is -0.165. The van der Waals surface area contributed by atoms with Crippen LogP contribution in [0.2, 0.25) is 0 Å². The quantitative estimate of drug-likeness (QED) is 0.239. The Morgan fingerprint density at radius 1 is 1.06 bits per heavy atom. The van der Waals surface area contributed by atoms with Gasteiger partial charge in [-0.2, -0.15) is 13.2 Å². The Morgan fingerprint density at radius 2 is 1.73 bits per heavy atom. The van der Waals surface area contributed by atoms with Gasteiger partial charge in [0.25, 0.3) is 11.8 Å². The van der Waals surface area contributed by atoms with Crippen molar-refractivity contribution >= 4 is 22.8 Å². The molecule has 9 rings (SSSR count). The number of methoxy groups -OCH3 is 1. The van der Waals surface area contributed by atoms with E-state index < -0.39 is 40.8 Å². The average molecular weight is 718 g/mol. The second-order valence-electron chi connectivity index (χ2n) is 15.4. The van der Waals surface area contributed by atoms with Crippen molar-refractivity contribution in [3.63, 3.8) is 0 Å². The number of benzene rings is 1. The number of nitrogens with zero attached hydrogens (tertiary/aromatic N) is 4. The Morgan fingerprint density at radius 3 is 2.31 bits per heavy atom. The molecule has 10 nitrogen and oxygen atoms in total. The van der Waals surface area contributed by atoms with Gasteiger partial charge in [0.05, 0.1) is 36.8 Å². The number of ether oxygens (including phenoxy) is 2. The third-order valence-electron chi connectivity index (χ3n) is 12.1. The van der Waals surface area contributed by atoms with Crippen LogP contribution in [0.5, 0.6) is 5.75 Å². The Hall–Kier alpha value is -3.85. The van der Waals surface area contributed by atoms with E-state index in [1.54, 1.807) is 36.4 Å². The van der Waals surface area contributed by atoms with Crippen molar-refractivity contribution in [1.29, 1.82) is 0 Å². The molecule has 4 bridgehead atoms. The van der Waals surface area contributed by atoms with Gasteiger partial charge >= 0.3 is 12.1 Å². The average Bonchev–Trinajstić information content (AvgIpc) is 3.41. The lowest BCUT2D eigenvalue weighted by atomic mass is 9.48. The summed E-state index contributed by atoms with van der Waals surface area (Å²) >= 11 is 0. The minimum absolute atomic E-state index is 0.0445. The summed E-state index contributed by atoms with van der Waals surface area (Å²) in [5, 5.41) is 13.6. The summed E-state index contributed by atoms with van der Waals surface area (Å²) in [7, 11) is 1.54. The van der Waals surface area contributed by atoms with Gasteiger partial charge in [-0.05, 0) is 74.8 Å². The topological polar surface area (TPSA) is 119 Å². The van der Waals surface area contributed by atoms with Gasteiger partial charge < -0.3 is 24.5 Å². The first-order valence-corrected chi connectivity index (χ1v) is 17.6. The maximum atomic E-state index is 14.7. The molecule has 0 unspecified atom stereocenters. The number of likely N-dealkylation sites (tertiary alicyclic amines) is 1. The van der Waals surface area contributed by atoms with Crippen molar-refractivity contribution in [2.45, 2.75) is 87.7 Å². The zero-order valence-corrected chi connectivity index (χ0v) is 28.3. The predicted octanol–water partition coefficient (Wildman–Crippen LogP) is 6.19. The van der Waals surface area contributed by atoms with Gasteiger partial charge in [-0.1, -0.05) is 0 Å². The van der Waals surface area contributed by atoms with Crippen LogP contribution in [-0.2, 0) is 15.7 Å². The number of hydrogen-bond acceptors (Lipinski definition) is 7. The highest BCUT2D eigenvalue weighted by Gasteiger charge is 2.62. The van der Waals surface area contributed by atoms with Crippen LogP contribution >= 0.6 is 0 Å². The van der Waals surface area contributed by atoms with Crippen molar-refractivity contribution < 1.29 is 46.1 Å². The SMILES string of the molecule is COC[C@H](C)n1cc(-c2ncc(C(=O)NC3(C(=O)O)C4CC5CC(C4)CC3C5)c(C(F)(F)F)n2)c2ccc(OC3CC(N4CC(F)(F)C4)C3)cc21. The number of aromatic nitrogens is 3. The van der Waals surface area contributed by atoms with Crippen LogP contribution in [0.1, 0.15) is 74.0 Å². The number of carboxylic acid groups (broad SMARTS) is 1. The lowest BCUT2D eigenvalue weighted by Gasteiger charge is -2.59. The van der Waals surface area contributed by atoms with Gasteiger partial charge in [-0.25, -0.2) is 23.5 Å². The molecule has 3 heterocycles. The number of amides is 1. The maximum Gasteiger partial charge on any atom is 0.434 e. The number of carbonyl (C=O) groups excluding carboxylic acids is 1. The number of halogens is 5. The predicted molar refractivity (Wildman–Crippen MR) is 173 cm³/mol. The molecule has 1 atom stereocenters. The number of carbonyl (C=O) groups is 2. The normalized spacial score (nSPS) is 31.6. The van der Waals surface area contributed by atoms with E-state index in [-0.39, 0.29) is 48.9 Å². The smallest absolute Gasteiger partial charge is 0.434 e. The standard InChI is InChI=1S/C36H40F5N5O5/c1-18(15-50-2)46-14-28(26-4-3-24(12-29(26)46)51-25-10-23(11-25)45-16-34(37,38)17-45)31-42-13-27(30(43-31)36(39,40)41)32(47)44-35(33(48)49)21-6-19-5-20(8-21)9-22(35)7-19/h3-4,12-14,18-23,25H,5-11,15-17H2,1-2H3,(H,44,47)(H,48,49)/t18-,19?,20?,21?,22?,23?,25?,35?/m0/s1. The van der Waals surface area contributed by atoms with Crippen molar-refractivity contribution in [3.05, 3.63) is 41.9 Å². The first kappa shape index (κ1) is 34.2. The Bertz CT molecular complexity index is 1840. The lowest BCUT2D eigenvalue weighted by Crippen LogP contribution is -2.70. The van der Waals surface area contributed by atoms with Gasteiger partial charge in [0.2, 0.25) is 0 Å². The molecule has 5 aliphatic carbocycles. The number of alkyl halides is 5. The Balaban J connectivity index is 1.09. The van der Waals surface area contributed by atoms with E-state index in [1.165, 1.54) is 0 Å². The molecular formula is C36H40F5N5O5. The molecule has 15 heteroatoms. The Labute approximate surface area is 290 Å². The number of fused-ring (bicyclic) bond motifs is 1. The molecule has 3 aromatic rings. The second kappa shape index (κ2) is 12.1. The maximum absolute atomic E-state index is 14.7. The van der Waals surface area contributed by atoms with E-state index >= 15 is 0 Å². The molecule has 0 radical (unpaired) electrons. The van der Waals surface area contributed by atoms with Crippen LogP contribution in [0.4, 0.5) is 22.0 Å². The highest BCUT2D eigenvalue weighted by atomic mass is 19.4. The summed E-state index contributed by atoms with van der Waals surface area (Å²) in [6.45, 7) is 1.70. The van der Waals surface area contributed by atoms with Gasteiger partial charge in [0, 0.05) is 55.4 Å². The molecule has 2 aromatic heterocycles. The van der Waals surface area contributed by atoms with E-state index in [2.05, 4.69) is 15.3 Å². The summed E-state index contributed by atoms with van der Waals surface area (Å²) in [6, 6.07) is 4.98. The van der Waals surface area contributed by atoms with Crippen LogP contribution in [-0.4, -0.2) is 86.8 Å².